The summed E-state index contributed by atoms with van der Waals surface area (Å²) in [6.07, 6.45) is 10.2. The third kappa shape index (κ3) is 7.00. The molecule has 3 heterocycles. The van der Waals surface area contributed by atoms with Crippen molar-refractivity contribution >= 4 is 5.96 Å². The minimum atomic E-state index is 0.301. The normalized spacial score (nSPS) is 21.7. The zero-order valence-electron chi connectivity index (χ0n) is 18.5. The lowest BCUT2D eigenvalue weighted by Crippen LogP contribution is -2.47. The van der Waals surface area contributed by atoms with E-state index in [-0.39, 0.29) is 0 Å². The van der Waals surface area contributed by atoms with Crippen molar-refractivity contribution in [3.8, 4) is 0 Å². The van der Waals surface area contributed by atoms with Gasteiger partial charge in [-0.05, 0) is 44.9 Å². The van der Waals surface area contributed by atoms with Gasteiger partial charge in [0.25, 0.3) is 0 Å². The molecular formula is C22H39N5O2. The Morgan fingerprint density at radius 2 is 2.14 bits per heavy atom. The highest BCUT2D eigenvalue weighted by molar-refractivity contribution is 5.80. The number of nitrogens with one attached hydrogen (secondary N) is 1. The standard InChI is InChI=1S/C22H39N5O2/c1-4-23-22(25-15-21-24-10-13-27(21)16-18(2)3)26-11-8-19(9-12-26)29-17-20-7-5-6-14-28-20/h10,13,18-20H,4-9,11-12,14-17H2,1-3H3,(H,23,25). The van der Waals surface area contributed by atoms with Crippen LogP contribution in [0.2, 0.25) is 0 Å². The summed E-state index contributed by atoms with van der Waals surface area (Å²) >= 11 is 0. The number of hydrogen-bond donors (Lipinski definition) is 1. The van der Waals surface area contributed by atoms with Gasteiger partial charge in [0.05, 0.1) is 18.8 Å². The number of nitrogens with zero attached hydrogens (tertiary/aromatic N) is 4. The lowest BCUT2D eigenvalue weighted by atomic mass is 10.1. The van der Waals surface area contributed by atoms with Crippen molar-refractivity contribution in [3.63, 3.8) is 0 Å². The maximum atomic E-state index is 6.16. The molecule has 7 nitrogen and oxygen atoms in total. The van der Waals surface area contributed by atoms with E-state index in [1.54, 1.807) is 0 Å². The van der Waals surface area contributed by atoms with Crippen LogP contribution in [-0.2, 0) is 22.6 Å². The molecule has 164 valence electrons. The minimum absolute atomic E-state index is 0.301. The smallest absolute Gasteiger partial charge is 0.194 e. The topological polar surface area (TPSA) is 63.9 Å². The summed E-state index contributed by atoms with van der Waals surface area (Å²) in [4.78, 5) is 11.7. The highest BCUT2D eigenvalue weighted by Crippen LogP contribution is 2.18. The van der Waals surface area contributed by atoms with Crippen molar-refractivity contribution in [2.24, 2.45) is 10.9 Å². The van der Waals surface area contributed by atoms with Crippen LogP contribution in [0.4, 0.5) is 0 Å². The third-order valence-electron chi connectivity index (χ3n) is 5.60. The molecule has 29 heavy (non-hydrogen) atoms. The molecular weight excluding hydrogens is 366 g/mol. The van der Waals surface area contributed by atoms with Crippen LogP contribution in [0.15, 0.2) is 17.4 Å². The van der Waals surface area contributed by atoms with Gasteiger partial charge in [-0.2, -0.15) is 0 Å². The molecule has 1 aromatic rings. The van der Waals surface area contributed by atoms with Crippen LogP contribution in [0.25, 0.3) is 0 Å². The van der Waals surface area contributed by atoms with Gasteiger partial charge in [0, 0.05) is 45.2 Å². The van der Waals surface area contributed by atoms with Crippen LogP contribution in [-0.4, -0.2) is 65.5 Å². The molecule has 0 bridgehead atoms. The number of likely N-dealkylation sites (tertiary alicyclic amines) is 1. The quantitative estimate of drug-likeness (QED) is 0.532. The Labute approximate surface area is 175 Å². The second kappa shape index (κ2) is 11.6. The molecule has 0 spiro atoms. The molecule has 7 heteroatoms. The Morgan fingerprint density at radius 3 is 2.83 bits per heavy atom. The lowest BCUT2D eigenvalue weighted by Gasteiger charge is -2.35. The Hall–Kier alpha value is -1.60. The fourth-order valence-corrected chi connectivity index (χ4v) is 4.04. The maximum absolute atomic E-state index is 6.16. The Kier molecular flexibility index (Phi) is 8.80. The number of imidazole rings is 1. The molecule has 2 aliphatic heterocycles. The van der Waals surface area contributed by atoms with Gasteiger partial charge in [0.15, 0.2) is 5.96 Å². The Morgan fingerprint density at radius 1 is 1.31 bits per heavy atom. The summed E-state index contributed by atoms with van der Waals surface area (Å²) < 4.78 is 14.2. The number of guanidine groups is 1. The molecule has 0 radical (unpaired) electrons. The van der Waals surface area contributed by atoms with Gasteiger partial charge in [-0.25, -0.2) is 9.98 Å². The average molecular weight is 406 g/mol. The van der Waals surface area contributed by atoms with E-state index >= 15 is 0 Å². The Bertz CT molecular complexity index is 616. The minimum Gasteiger partial charge on any atom is -0.376 e. The maximum Gasteiger partial charge on any atom is 0.194 e. The second-order valence-electron chi connectivity index (χ2n) is 8.57. The largest absolute Gasteiger partial charge is 0.376 e. The summed E-state index contributed by atoms with van der Waals surface area (Å²) in [6.45, 7) is 12.6. The van der Waals surface area contributed by atoms with Crippen molar-refractivity contribution in [2.75, 3.05) is 32.8 Å². The van der Waals surface area contributed by atoms with Crippen LogP contribution >= 0.6 is 0 Å². The van der Waals surface area contributed by atoms with Gasteiger partial charge in [-0.1, -0.05) is 13.8 Å². The van der Waals surface area contributed by atoms with Gasteiger partial charge in [0.1, 0.15) is 12.4 Å². The van der Waals surface area contributed by atoms with E-state index in [1.165, 1.54) is 12.8 Å². The first-order valence-electron chi connectivity index (χ1n) is 11.4. The zero-order valence-corrected chi connectivity index (χ0v) is 18.5. The van der Waals surface area contributed by atoms with Crippen LogP contribution in [0.5, 0.6) is 0 Å². The number of ether oxygens (including phenoxy) is 2. The number of hydrogen-bond acceptors (Lipinski definition) is 4. The van der Waals surface area contributed by atoms with E-state index < -0.39 is 0 Å². The monoisotopic (exact) mass is 405 g/mol. The van der Waals surface area contributed by atoms with Gasteiger partial charge in [-0.3, -0.25) is 0 Å². The van der Waals surface area contributed by atoms with Crippen molar-refractivity contribution in [1.82, 2.24) is 19.8 Å². The fourth-order valence-electron chi connectivity index (χ4n) is 4.04. The number of aromatic nitrogens is 2. The first-order valence-corrected chi connectivity index (χ1v) is 11.4. The van der Waals surface area contributed by atoms with Crippen LogP contribution < -0.4 is 5.32 Å². The zero-order chi connectivity index (χ0) is 20.5. The van der Waals surface area contributed by atoms with Crippen molar-refractivity contribution in [2.45, 2.75) is 78.2 Å². The molecule has 2 aliphatic rings. The predicted octanol–water partition coefficient (Wildman–Crippen LogP) is 3.05. The predicted molar refractivity (Wildman–Crippen MR) is 116 cm³/mol. The molecule has 1 unspecified atom stereocenters. The summed E-state index contributed by atoms with van der Waals surface area (Å²) in [5.41, 5.74) is 0. The van der Waals surface area contributed by atoms with E-state index in [0.717, 1.165) is 70.4 Å². The molecule has 1 N–H and O–H groups in total. The van der Waals surface area contributed by atoms with Gasteiger partial charge in [0.2, 0.25) is 0 Å². The number of aliphatic imine (C=N–C) groups is 1. The van der Waals surface area contributed by atoms with E-state index in [0.29, 0.717) is 24.7 Å². The fraction of sp³-hybridized carbons (Fsp3) is 0.818. The van der Waals surface area contributed by atoms with Crippen molar-refractivity contribution in [3.05, 3.63) is 18.2 Å². The summed E-state index contributed by atoms with van der Waals surface area (Å²) in [5.74, 6) is 2.61. The van der Waals surface area contributed by atoms with E-state index in [4.69, 9.17) is 14.5 Å². The summed E-state index contributed by atoms with van der Waals surface area (Å²) in [7, 11) is 0. The molecule has 0 amide bonds. The lowest BCUT2D eigenvalue weighted by molar-refractivity contribution is -0.0721. The molecule has 0 saturated carbocycles. The molecule has 2 fully saturated rings. The van der Waals surface area contributed by atoms with Gasteiger partial charge >= 0.3 is 0 Å². The third-order valence-corrected chi connectivity index (χ3v) is 5.60. The van der Waals surface area contributed by atoms with Crippen molar-refractivity contribution in [1.29, 1.82) is 0 Å². The summed E-state index contributed by atoms with van der Waals surface area (Å²) in [5, 5.41) is 3.45. The van der Waals surface area contributed by atoms with E-state index in [2.05, 4.69) is 46.7 Å². The molecule has 2 saturated heterocycles. The number of rotatable bonds is 8. The molecule has 3 rings (SSSR count). The van der Waals surface area contributed by atoms with Crippen LogP contribution in [0, 0.1) is 5.92 Å². The molecule has 1 aromatic heterocycles. The molecule has 0 aliphatic carbocycles. The highest BCUT2D eigenvalue weighted by Gasteiger charge is 2.24. The van der Waals surface area contributed by atoms with Crippen LogP contribution in [0.3, 0.4) is 0 Å². The van der Waals surface area contributed by atoms with Crippen molar-refractivity contribution < 1.29 is 9.47 Å². The first kappa shape index (κ1) is 22.1. The van der Waals surface area contributed by atoms with Gasteiger partial charge < -0.3 is 24.3 Å². The van der Waals surface area contributed by atoms with Crippen LogP contribution in [0.1, 0.15) is 58.7 Å². The molecule has 1 atom stereocenters. The average Bonchev–Trinajstić information content (AvgIpc) is 3.17. The first-order chi connectivity index (χ1) is 14.2. The molecule has 0 aromatic carbocycles. The number of piperidine rings is 1. The van der Waals surface area contributed by atoms with Gasteiger partial charge in [-0.15, -0.1) is 0 Å². The highest BCUT2D eigenvalue weighted by atomic mass is 16.5. The SMILES string of the molecule is CCNC(=NCc1nccn1CC(C)C)N1CCC(OCC2CCCCO2)CC1. The second-order valence-corrected chi connectivity index (χ2v) is 8.57. The van der Waals surface area contributed by atoms with E-state index in [9.17, 15) is 0 Å². The van der Waals surface area contributed by atoms with E-state index in [1.807, 2.05) is 6.20 Å². The Balaban J connectivity index is 1.48. The summed E-state index contributed by atoms with van der Waals surface area (Å²) in [6, 6.07) is 0.